The van der Waals surface area contributed by atoms with Crippen molar-refractivity contribution in [3.63, 3.8) is 0 Å². The van der Waals surface area contributed by atoms with Gasteiger partial charge in [0.05, 0.1) is 6.20 Å². The van der Waals surface area contributed by atoms with E-state index in [2.05, 4.69) is 9.97 Å². The Balaban J connectivity index is 1.78. The maximum Gasteiger partial charge on any atom is 0.246 e. The highest BCUT2D eigenvalue weighted by molar-refractivity contribution is 7.89. The molecule has 2 aromatic rings. The number of piperazine rings is 1. The number of halogens is 2. The monoisotopic (exact) mass is 340 g/mol. The molecule has 0 amide bonds. The Bertz CT molecular complexity index is 794. The molecule has 0 unspecified atom stereocenters. The summed E-state index contributed by atoms with van der Waals surface area (Å²) >= 11 is 0. The number of sulfonamides is 1. The third-order valence-corrected chi connectivity index (χ3v) is 5.54. The van der Waals surface area contributed by atoms with E-state index in [9.17, 15) is 17.2 Å². The van der Waals surface area contributed by atoms with Crippen molar-refractivity contribution in [3.05, 3.63) is 48.4 Å². The summed E-state index contributed by atoms with van der Waals surface area (Å²) in [6.07, 6.45) is 4.70. The minimum absolute atomic E-state index is 0.162. The van der Waals surface area contributed by atoms with E-state index in [1.807, 2.05) is 4.90 Å². The molecular weight excluding hydrogens is 326 g/mol. The van der Waals surface area contributed by atoms with Gasteiger partial charge in [0.2, 0.25) is 10.0 Å². The summed E-state index contributed by atoms with van der Waals surface area (Å²) < 4.78 is 53.1. The minimum Gasteiger partial charge on any atom is -0.353 e. The van der Waals surface area contributed by atoms with Crippen molar-refractivity contribution in [2.75, 3.05) is 31.1 Å². The third-order valence-electron chi connectivity index (χ3n) is 3.62. The molecule has 1 aliphatic rings. The average molecular weight is 340 g/mol. The van der Waals surface area contributed by atoms with Gasteiger partial charge in [-0.05, 0) is 18.2 Å². The first-order valence-electron chi connectivity index (χ1n) is 6.94. The molecule has 2 heterocycles. The molecule has 0 bridgehead atoms. The van der Waals surface area contributed by atoms with Crippen LogP contribution in [0, 0.1) is 11.6 Å². The largest absolute Gasteiger partial charge is 0.353 e. The lowest BCUT2D eigenvalue weighted by Crippen LogP contribution is -2.49. The summed E-state index contributed by atoms with van der Waals surface area (Å²) in [6.45, 7) is 1.12. The van der Waals surface area contributed by atoms with E-state index in [1.165, 1.54) is 0 Å². The van der Waals surface area contributed by atoms with E-state index in [0.717, 1.165) is 16.4 Å². The number of anilines is 1. The van der Waals surface area contributed by atoms with E-state index >= 15 is 0 Å². The van der Waals surface area contributed by atoms with E-state index in [0.29, 0.717) is 25.0 Å². The van der Waals surface area contributed by atoms with Crippen LogP contribution >= 0.6 is 0 Å². The number of hydrogen-bond acceptors (Lipinski definition) is 5. The fourth-order valence-corrected chi connectivity index (χ4v) is 3.92. The van der Waals surface area contributed by atoms with Gasteiger partial charge in [-0.2, -0.15) is 4.31 Å². The molecule has 1 fully saturated rings. The molecule has 1 aromatic carbocycles. The second-order valence-electron chi connectivity index (χ2n) is 5.03. The Morgan fingerprint density at radius 1 is 1.04 bits per heavy atom. The fraction of sp³-hybridized carbons (Fsp3) is 0.286. The highest BCUT2D eigenvalue weighted by Crippen LogP contribution is 2.22. The Morgan fingerprint density at radius 3 is 2.43 bits per heavy atom. The van der Waals surface area contributed by atoms with Crippen molar-refractivity contribution >= 4 is 15.8 Å². The first-order chi connectivity index (χ1) is 11.0. The number of aromatic nitrogens is 2. The molecule has 0 aliphatic carbocycles. The van der Waals surface area contributed by atoms with Gasteiger partial charge in [0, 0.05) is 38.6 Å². The number of nitrogens with zero attached hydrogens (tertiary/aromatic N) is 4. The highest BCUT2D eigenvalue weighted by Gasteiger charge is 2.31. The predicted octanol–water partition coefficient (Wildman–Crippen LogP) is 1.27. The molecule has 122 valence electrons. The van der Waals surface area contributed by atoms with Gasteiger partial charge >= 0.3 is 0 Å². The normalized spacial score (nSPS) is 16.5. The minimum atomic E-state index is -4.07. The van der Waals surface area contributed by atoms with Gasteiger partial charge in [-0.3, -0.25) is 4.98 Å². The molecule has 1 aromatic heterocycles. The second kappa shape index (κ2) is 6.17. The molecule has 0 N–H and O–H groups in total. The molecule has 9 heteroatoms. The van der Waals surface area contributed by atoms with Gasteiger partial charge in [-0.25, -0.2) is 22.2 Å². The maximum absolute atomic E-state index is 13.8. The lowest BCUT2D eigenvalue weighted by Gasteiger charge is -2.34. The maximum atomic E-state index is 13.8. The van der Waals surface area contributed by atoms with Crippen LogP contribution in [0.25, 0.3) is 0 Å². The Labute approximate surface area is 132 Å². The standard InChI is InChI=1S/C14H14F2N4O2S/c15-11-1-2-12(16)13(9-11)23(21,22)20-7-5-19(6-8-20)14-10-17-3-4-18-14/h1-4,9-10H,5-8H2. The molecular formula is C14H14F2N4O2S. The molecule has 0 radical (unpaired) electrons. The summed E-state index contributed by atoms with van der Waals surface area (Å²) in [4.78, 5) is 9.38. The van der Waals surface area contributed by atoms with Crippen molar-refractivity contribution in [1.82, 2.24) is 14.3 Å². The molecule has 23 heavy (non-hydrogen) atoms. The smallest absolute Gasteiger partial charge is 0.246 e. The van der Waals surface area contributed by atoms with Gasteiger partial charge < -0.3 is 4.90 Å². The number of benzene rings is 1. The summed E-state index contributed by atoms with van der Waals surface area (Å²) in [5.74, 6) is -1.09. The van der Waals surface area contributed by atoms with Crippen LogP contribution in [-0.4, -0.2) is 48.9 Å². The van der Waals surface area contributed by atoms with Crippen molar-refractivity contribution in [2.45, 2.75) is 4.90 Å². The molecule has 3 rings (SSSR count). The van der Waals surface area contributed by atoms with Crippen LogP contribution < -0.4 is 4.90 Å². The van der Waals surface area contributed by atoms with Gasteiger partial charge in [0.25, 0.3) is 0 Å². The zero-order valence-corrected chi connectivity index (χ0v) is 12.9. The van der Waals surface area contributed by atoms with Crippen LogP contribution in [0.15, 0.2) is 41.7 Å². The van der Waals surface area contributed by atoms with Crippen LogP contribution in [-0.2, 0) is 10.0 Å². The summed E-state index contributed by atoms with van der Waals surface area (Å²) in [7, 11) is -4.07. The summed E-state index contributed by atoms with van der Waals surface area (Å²) in [6, 6.07) is 2.41. The molecule has 1 saturated heterocycles. The first kappa shape index (κ1) is 15.8. The molecule has 0 spiro atoms. The number of hydrogen-bond donors (Lipinski definition) is 0. The topological polar surface area (TPSA) is 66.4 Å². The van der Waals surface area contributed by atoms with Crippen molar-refractivity contribution in [3.8, 4) is 0 Å². The van der Waals surface area contributed by atoms with E-state index < -0.39 is 26.6 Å². The molecule has 1 aliphatic heterocycles. The molecule has 0 atom stereocenters. The van der Waals surface area contributed by atoms with Crippen LogP contribution in [0.3, 0.4) is 0 Å². The van der Waals surface area contributed by atoms with E-state index in [1.54, 1.807) is 18.6 Å². The first-order valence-corrected chi connectivity index (χ1v) is 8.38. The van der Waals surface area contributed by atoms with Gasteiger partial charge in [0.1, 0.15) is 22.3 Å². The second-order valence-corrected chi connectivity index (χ2v) is 6.94. The highest BCUT2D eigenvalue weighted by atomic mass is 32.2. The zero-order chi connectivity index (χ0) is 16.4. The fourth-order valence-electron chi connectivity index (χ4n) is 2.43. The number of rotatable bonds is 3. The van der Waals surface area contributed by atoms with Crippen LogP contribution in [0.5, 0.6) is 0 Å². The Kier molecular flexibility index (Phi) is 4.22. The van der Waals surface area contributed by atoms with E-state index in [4.69, 9.17) is 0 Å². The third kappa shape index (κ3) is 3.15. The van der Waals surface area contributed by atoms with Crippen LogP contribution in [0.4, 0.5) is 14.6 Å². The lowest BCUT2D eigenvalue weighted by molar-refractivity contribution is 0.380. The zero-order valence-electron chi connectivity index (χ0n) is 12.1. The Hall–Kier alpha value is -2.13. The summed E-state index contributed by atoms with van der Waals surface area (Å²) in [5.41, 5.74) is 0. The average Bonchev–Trinajstić information content (AvgIpc) is 2.58. The van der Waals surface area contributed by atoms with Crippen molar-refractivity contribution in [1.29, 1.82) is 0 Å². The van der Waals surface area contributed by atoms with Crippen LogP contribution in [0.2, 0.25) is 0 Å². The van der Waals surface area contributed by atoms with Crippen LogP contribution in [0.1, 0.15) is 0 Å². The summed E-state index contributed by atoms with van der Waals surface area (Å²) in [5, 5.41) is 0. The predicted molar refractivity (Wildman–Crippen MR) is 79.4 cm³/mol. The van der Waals surface area contributed by atoms with Crippen molar-refractivity contribution in [2.24, 2.45) is 0 Å². The van der Waals surface area contributed by atoms with Gasteiger partial charge in [-0.15, -0.1) is 0 Å². The van der Waals surface area contributed by atoms with Crippen molar-refractivity contribution < 1.29 is 17.2 Å². The lowest BCUT2D eigenvalue weighted by atomic mass is 10.3. The van der Waals surface area contributed by atoms with Gasteiger partial charge in [-0.1, -0.05) is 0 Å². The van der Waals surface area contributed by atoms with E-state index in [-0.39, 0.29) is 13.1 Å². The Morgan fingerprint density at radius 2 is 1.78 bits per heavy atom. The SMILES string of the molecule is O=S(=O)(c1cc(F)ccc1F)N1CCN(c2cnccn2)CC1. The quantitative estimate of drug-likeness (QED) is 0.842. The molecule has 0 saturated carbocycles. The molecule has 6 nitrogen and oxygen atoms in total. The van der Waals surface area contributed by atoms with Gasteiger partial charge in [0.15, 0.2) is 0 Å².